The molecule has 0 aromatic heterocycles. The molecule has 1 nitrogen and oxygen atoms in total. The van der Waals surface area contributed by atoms with E-state index in [1.807, 2.05) is 42.5 Å². The molecule has 0 aliphatic heterocycles. The molecule has 1 aromatic rings. The largest absolute Gasteiger partial charge is 0.511 e. The fraction of sp³-hybridized carbons (Fsp3) is 0.0909. The first-order chi connectivity index (χ1) is 5.88. The number of rotatable bonds is 1. The van der Waals surface area contributed by atoms with Gasteiger partial charge >= 0.3 is 0 Å². The lowest BCUT2D eigenvalue weighted by Crippen LogP contribution is -1.82. The molecule has 2 rings (SSSR count). The molecule has 0 fully saturated rings. The first-order valence-electron chi connectivity index (χ1n) is 4.02. The van der Waals surface area contributed by atoms with Gasteiger partial charge in [-0.2, -0.15) is 0 Å². The van der Waals surface area contributed by atoms with E-state index in [0.29, 0.717) is 12.2 Å². The third kappa shape index (κ3) is 1.14. The maximum atomic E-state index is 9.46. The number of allylic oxidation sites excluding steroid dienone is 3. The highest BCUT2D eigenvalue weighted by atomic mass is 16.3. The Morgan fingerprint density at radius 1 is 1.08 bits per heavy atom. The van der Waals surface area contributed by atoms with E-state index in [2.05, 4.69) is 0 Å². The lowest BCUT2D eigenvalue weighted by molar-refractivity contribution is 0.407. The van der Waals surface area contributed by atoms with E-state index < -0.39 is 0 Å². The number of hydrogen-bond acceptors (Lipinski definition) is 1. The SMILES string of the molecule is OC1=C(c2ccccc2)C=CC1. The summed E-state index contributed by atoms with van der Waals surface area (Å²) in [5, 5.41) is 9.46. The fourth-order valence-electron chi connectivity index (χ4n) is 1.38. The first kappa shape index (κ1) is 7.17. The van der Waals surface area contributed by atoms with Crippen LogP contribution in [0.1, 0.15) is 12.0 Å². The zero-order valence-electron chi connectivity index (χ0n) is 6.70. The van der Waals surface area contributed by atoms with Crippen LogP contribution in [0.3, 0.4) is 0 Å². The van der Waals surface area contributed by atoms with Crippen LogP contribution in [0.25, 0.3) is 5.57 Å². The molecule has 1 N–H and O–H groups in total. The molecule has 1 aromatic carbocycles. The molecule has 0 saturated carbocycles. The lowest BCUT2D eigenvalue weighted by atomic mass is 10.1. The first-order valence-corrected chi connectivity index (χ1v) is 4.02. The summed E-state index contributed by atoms with van der Waals surface area (Å²) >= 11 is 0. The maximum absolute atomic E-state index is 9.46. The zero-order chi connectivity index (χ0) is 8.39. The third-order valence-corrected chi connectivity index (χ3v) is 1.99. The molecular formula is C11H10O. The van der Waals surface area contributed by atoms with Gasteiger partial charge in [0.05, 0.1) is 0 Å². The van der Waals surface area contributed by atoms with Crippen molar-refractivity contribution in [2.24, 2.45) is 0 Å². The van der Waals surface area contributed by atoms with Gasteiger partial charge in [0, 0.05) is 12.0 Å². The van der Waals surface area contributed by atoms with E-state index in [1.165, 1.54) is 0 Å². The van der Waals surface area contributed by atoms with Crippen molar-refractivity contribution in [2.75, 3.05) is 0 Å². The van der Waals surface area contributed by atoms with E-state index >= 15 is 0 Å². The van der Waals surface area contributed by atoms with Crippen molar-refractivity contribution in [3.05, 3.63) is 53.8 Å². The lowest BCUT2D eigenvalue weighted by Gasteiger charge is -2.00. The Bertz CT molecular complexity index is 333. The topological polar surface area (TPSA) is 20.2 Å². The number of aliphatic hydroxyl groups excluding tert-OH is 1. The van der Waals surface area contributed by atoms with Gasteiger partial charge < -0.3 is 5.11 Å². The average Bonchev–Trinajstić information content (AvgIpc) is 2.53. The Kier molecular flexibility index (Phi) is 1.71. The van der Waals surface area contributed by atoms with E-state index in [4.69, 9.17) is 0 Å². The summed E-state index contributed by atoms with van der Waals surface area (Å²) in [7, 11) is 0. The molecule has 0 spiro atoms. The minimum atomic E-state index is 0.473. The maximum Gasteiger partial charge on any atom is 0.104 e. The fourth-order valence-corrected chi connectivity index (χ4v) is 1.38. The molecule has 1 heteroatoms. The van der Waals surface area contributed by atoms with Crippen LogP contribution in [-0.2, 0) is 0 Å². The molecule has 0 radical (unpaired) electrons. The molecule has 0 saturated heterocycles. The summed E-state index contributed by atoms with van der Waals surface area (Å²) in [5.74, 6) is 0.473. The predicted octanol–water partition coefficient (Wildman–Crippen LogP) is 2.92. The van der Waals surface area contributed by atoms with Crippen LogP contribution in [0.4, 0.5) is 0 Å². The van der Waals surface area contributed by atoms with Gasteiger partial charge in [0.1, 0.15) is 5.76 Å². The molecule has 60 valence electrons. The summed E-state index contributed by atoms with van der Waals surface area (Å²) in [6.07, 6.45) is 4.60. The number of hydrogen-bond donors (Lipinski definition) is 1. The van der Waals surface area contributed by atoms with Gasteiger partial charge in [-0.15, -0.1) is 0 Å². The smallest absolute Gasteiger partial charge is 0.104 e. The predicted molar refractivity (Wildman–Crippen MR) is 49.7 cm³/mol. The van der Waals surface area contributed by atoms with Gasteiger partial charge in [-0.25, -0.2) is 0 Å². The van der Waals surface area contributed by atoms with E-state index in [9.17, 15) is 5.11 Å². The molecule has 0 bridgehead atoms. The van der Waals surface area contributed by atoms with Crippen LogP contribution in [0, 0.1) is 0 Å². The monoisotopic (exact) mass is 158 g/mol. The second-order valence-electron chi connectivity index (χ2n) is 2.83. The van der Waals surface area contributed by atoms with Crippen LogP contribution in [0.2, 0.25) is 0 Å². The number of benzene rings is 1. The molecule has 0 heterocycles. The standard InChI is InChI=1S/C11H10O/c12-11-8-4-7-10(11)9-5-2-1-3-6-9/h1-7,12H,8H2. The van der Waals surface area contributed by atoms with Crippen molar-refractivity contribution in [3.8, 4) is 0 Å². The summed E-state index contributed by atoms with van der Waals surface area (Å²) in [6, 6.07) is 9.92. The second-order valence-corrected chi connectivity index (χ2v) is 2.83. The zero-order valence-corrected chi connectivity index (χ0v) is 6.70. The molecule has 0 unspecified atom stereocenters. The minimum absolute atomic E-state index is 0.473. The van der Waals surface area contributed by atoms with Gasteiger partial charge in [0.25, 0.3) is 0 Å². The molecular weight excluding hydrogens is 148 g/mol. The summed E-state index contributed by atoms with van der Waals surface area (Å²) in [4.78, 5) is 0. The van der Waals surface area contributed by atoms with Crippen molar-refractivity contribution < 1.29 is 5.11 Å². The summed E-state index contributed by atoms with van der Waals surface area (Å²) < 4.78 is 0. The second kappa shape index (κ2) is 2.86. The Hall–Kier alpha value is -1.50. The van der Waals surface area contributed by atoms with Crippen LogP contribution in [0.15, 0.2) is 48.2 Å². The van der Waals surface area contributed by atoms with Gasteiger partial charge in [-0.3, -0.25) is 0 Å². The third-order valence-electron chi connectivity index (χ3n) is 1.99. The Morgan fingerprint density at radius 2 is 1.83 bits per heavy atom. The highest BCUT2D eigenvalue weighted by Gasteiger charge is 2.08. The van der Waals surface area contributed by atoms with Gasteiger partial charge in [0.15, 0.2) is 0 Å². The van der Waals surface area contributed by atoms with E-state index in [-0.39, 0.29) is 0 Å². The van der Waals surface area contributed by atoms with Crippen molar-refractivity contribution in [3.63, 3.8) is 0 Å². The van der Waals surface area contributed by atoms with Crippen molar-refractivity contribution in [1.29, 1.82) is 0 Å². The van der Waals surface area contributed by atoms with Gasteiger partial charge in [-0.05, 0) is 5.56 Å². The molecule has 1 aliphatic rings. The van der Waals surface area contributed by atoms with Crippen molar-refractivity contribution >= 4 is 5.57 Å². The summed E-state index contributed by atoms with van der Waals surface area (Å²) in [6.45, 7) is 0. The molecule has 1 aliphatic carbocycles. The van der Waals surface area contributed by atoms with Crippen LogP contribution < -0.4 is 0 Å². The Balaban J connectivity index is 2.44. The summed E-state index contributed by atoms with van der Waals surface area (Å²) in [5.41, 5.74) is 2.04. The van der Waals surface area contributed by atoms with Gasteiger partial charge in [0.2, 0.25) is 0 Å². The molecule has 12 heavy (non-hydrogen) atoms. The minimum Gasteiger partial charge on any atom is -0.511 e. The quantitative estimate of drug-likeness (QED) is 0.666. The van der Waals surface area contributed by atoms with Gasteiger partial charge in [-0.1, -0.05) is 42.5 Å². The molecule has 0 atom stereocenters. The normalized spacial score (nSPS) is 15.7. The van der Waals surface area contributed by atoms with Crippen LogP contribution in [-0.4, -0.2) is 5.11 Å². The van der Waals surface area contributed by atoms with E-state index in [0.717, 1.165) is 11.1 Å². The Morgan fingerprint density at radius 3 is 2.42 bits per heavy atom. The average molecular weight is 158 g/mol. The highest BCUT2D eigenvalue weighted by molar-refractivity contribution is 5.77. The van der Waals surface area contributed by atoms with Crippen molar-refractivity contribution in [2.45, 2.75) is 6.42 Å². The molecule has 0 amide bonds. The van der Waals surface area contributed by atoms with Crippen LogP contribution >= 0.6 is 0 Å². The van der Waals surface area contributed by atoms with Crippen LogP contribution in [0.5, 0.6) is 0 Å². The highest BCUT2D eigenvalue weighted by Crippen LogP contribution is 2.25. The van der Waals surface area contributed by atoms with Crippen molar-refractivity contribution in [1.82, 2.24) is 0 Å². The Labute approximate surface area is 71.7 Å². The number of aliphatic hydroxyl groups is 1. The van der Waals surface area contributed by atoms with E-state index in [1.54, 1.807) is 0 Å².